The first kappa shape index (κ1) is 13.6. The Balaban J connectivity index is 2.95. The second-order valence-corrected chi connectivity index (χ2v) is 4.47. The van der Waals surface area contributed by atoms with E-state index in [4.69, 9.17) is 27.9 Å². The molecule has 0 saturated carbocycles. The van der Waals surface area contributed by atoms with Gasteiger partial charge in [0.25, 0.3) is 0 Å². The number of rotatable bonds is 5. The maximum Gasteiger partial charge on any atom is 0.137 e. The maximum absolute atomic E-state index is 6.13. The fraction of sp³-hybridized carbons (Fsp3) is 0.500. The highest BCUT2D eigenvalue weighted by molar-refractivity contribution is 6.32. The molecule has 1 unspecified atom stereocenters. The van der Waals surface area contributed by atoms with Crippen LogP contribution in [0.1, 0.15) is 18.5 Å². The minimum Gasteiger partial charge on any atom is -0.492 e. The van der Waals surface area contributed by atoms with Gasteiger partial charge in [-0.05, 0) is 38.7 Å². The van der Waals surface area contributed by atoms with Crippen LogP contribution in [-0.4, -0.2) is 31.5 Å². The van der Waals surface area contributed by atoms with Gasteiger partial charge in [0.05, 0.1) is 11.6 Å². The van der Waals surface area contributed by atoms with Crippen molar-refractivity contribution in [3.63, 3.8) is 0 Å². The average Bonchev–Trinajstić information content (AvgIpc) is 2.22. The lowest BCUT2D eigenvalue weighted by Crippen LogP contribution is -2.21. The minimum absolute atomic E-state index is 0.176. The van der Waals surface area contributed by atoms with Crippen molar-refractivity contribution >= 4 is 23.2 Å². The highest BCUT2D eigenvalue weighted by Gasteiger charge is 2.14. The second-order valence-electron chi connectivity index (χ2n) is 3.76. The fourth-order valence-electron chi connectivity index (χ4n) is 1.52. The standard InChI is InChI=1S/C12H17Cl2NO/c1-4-16-12-6-5-9(7-10(12)14)11(8-13)15(2)3/h5-7,11H,4,8H2,1-3H3. The van der Waals surface area contributed by atoms with Crippen LogP contribution < -0.4 is 4.74 Å². The number of hydrogen-bond donors (Lipinski definition) is 0. The van der Waals surface area contributed by atoms with E-state index >= 15 is 0 Å². The third-order valence-corrected chi connectivity index (χ3v) is 3.00. The Bertz CT molecular complexity index is 342. The van der Waals surface area contributed by atoms with E-state index in [-0.39, 0.29) is 6.04 Å². The predicted molar refractivity (Wildman–Crippen MR) is 69.8 cm³/mol. The van der Waals surface area contributed by atoms with E-state index in [9.17, 15) is 0 Å². The molecular weight excluding hydrogens is 245 g/mol. The summed E-state index contributed by atoms with van der Waals surface area (Å²) >= 11 is 12.1. The van der Waals surface area contributed by atoms with Gasteiger partial charge in [0.15, 0.2) is 0 Å². The molecule has 0 fully saturated rings. The van der Waals surface area contributed by atoms with Crippen LogP contribution in [0.25, 0.3) is 0 Å². The van der Waals surface area contributed by atoms with Gasteiger partial charge in [-0.1, -0.05) is 17.7 Å². The van der Waals surface area contributed by atoms with E-state index in [0.29, 0.717) is 17.5 Å². The topological polar surface area (TPSA) is 12.5 Å². The molecule has 1 aromatic carbocycles. The number of alkyl halides is 1. The van der Waals surface area contributed by atoms with E-state index in [1.807, 2.05) is 39.2 Å². The molecule has 1 atom stereocenters. The van der Waals surface area contributed by atoms with Crippen LogP contribution in [0, 0.1) is 0 Å². The average molecular weight is 262 g/mol. The lowest BCUT2D eigenvalue weighted by molar-refractivity contribution is 0.322. The summed E-state index contributed by atoms with van der Waals surface area (Å²) in [6, 6.07) is 5.99. The highest BCUT2D eigenvalue weighted by atomic mass is 35.5. The summed E-state index contributed by atoms with van der Waals surface area (Å²) in [4.78, 5) is 2.07. The van der Waals surface area contributed by atoms with Crippen molar-refractivity contribution in [3.8, 4) is 5.75 Å². The van der Waals surface area contributed by atoms with Crippen LogP contribution >= 0.6 is 23.2 Å². The first-order chi connectivity index (χ1) is 7.60. The molecule has 0 amide bonds. The number of hydrogen-bond acceptors (Lipinski definition) is 2. The first-order valence-corrected chi connectivity index (χ1v) is 6.16. The van der Waals surface area contributed by atoms with Crippen LogP contribution in [-0.2, 0) is 0 Å². The molecule has 0 spiro atoms. The Morgan fingerprint density at radius 3 is 2.50 bits per heavy atom. The maximum atomic E-state index is 6.13. The van der Waals surface area contributed by atoms with Crippen LogP contribution in [0.4, 0.5) is 0 Å². The van der Waals surface area contributed by atoms with Gasteiger partial charge in [-0.15, -0.1) is 11.6 Å². The Labute approximate surface area is 107 Å². The fourth-order valence-corrected chi connectivity index (χ4v) is 2.22. The molecular formula is C12H17Cl2NO. The van der Waals surface area contributed by atoms with Gasteiger partial charge in [-0.3, -0.25) is 0 Å². The monoisotopic (exact) mass is 261 g/mol. The minimum atomic E-state index is 0.176. The largest absolute Gasteiger partial charge is 0.492 e. The van der Waals surface area contributed by atoms with Crippen LogP contribution in [0.3, 0.4) is 0 Å². The summed E-state index contributed by atoms with van der Waals surface area (Å²) in [6.45, 7) is 2.55. The highest BCUT2D eigenvalue weighted by Crippen LogP contribution is 2.29. The van der Waals surface area contributed by atoms with Crippen molar-refractivity contribution in [3.05, 3.63) is 28.8 Å². The smallest absolute Gasteiger partial charge is 0.137 e. The second kappa shape index (κ2) is 6.33. The molecule has 0 aliphatic carbocycles. The molecule has 0 bridgehead atoms. The van der Waals surface area contributed by atoms with Crippen molar-refractivity contribution in [2.24, 2.45) is 0 Å². The normalized spacial score (nSPS) is 12.9. The van der Waals surface area contributed by atoms with Crippen molar-refractivity contribution < 1.29 is 4.74 Å². The van der Waals surface area contributed by atoms with Crippen molar-refractivity contribution in [1.82, 2.24) is 4.90 Å². The van der Waals surface area contributed by atoms with Gasteiger partial charge < -0.3 is 9.64 Å². The lowest BCUT2D eigenvalue weighted by atomic mass is 10.1. The van der Waals surface area contributed by atoms with E-state index in [1.165, 1.54) is 0 Å². The van der Waals surface area contributed by atoms with Crippen molar-refractivity contribution in [2.45, 2.75) is 13.0 Å². The van der Waals surface area contributed by atoms with E-state index < -0.39 is 0 Å². The SMILES string of the molecule is CCOc1ccc(C(CCl)N(C)C)cc1Cl. The summed E-state index contributed by atoms with van der Waals surface area (Å²) in [5.74, 6) is 1.26. The number of halogens is 2. The summed E-state index contributed by atoms with van der Waals surface area (Å²) in [5.41, 5.74) is 1.11. The summed E-state index contributed by atoms with van der Waals surface area (Å²) < 4.78 is 5.39. The van der Waals surface area contributed by atoms with Crippen LogP contribution in [0.15, 0.2) is 18.2 Å². The molecule has 0 heterocycles. The van der Waals surface area contributed by atoms with Crippen LogP contribution in [0.2, 0.25) is 5.02 Å². The Morgan fingerprint density at radius 1 is 1.38 bits per heavy atom. The molecule has 1 rings (SSSR count). The van der Waals surface area contributed by atoms with Crippen molar-refractivity contribution in [1.29, 1.82) is 0 Å². The van der Waals surface area contributed by atoms with Crippen molar-refractivity contribution in [2.75, 3.05) is 26.6 Å². The van der Waals surface area contributed by atoms with Gasteiger partial charge >= 0.3 is 0 Å². The zero-order chi connectivity index (χ0) is 12.1. The molecule has 0 saturated heterocycles. The summed E-state index contributed by atoms with van der Waals surface area (Å²) in [7, 11) is 3.99. The Hall–Kier alpha value is -0.440. The van der Waals surface area contributed by atoms with E-state index in [1.54, 1.807) is 0 Å². The molecule has 16 heavy (non-hydrogen) atoms. The zero-order valence-corrected chi connectivity index (χ0v) is 11.3. The van der Waals surface area contributed by atoms with Gasteiger partial charge in [0.1, 0.15) is 5.75 Å². The summed E-state index contributed by atoms with van der Waals surface area (Å²) in [5, 5.41) is 0.635. The van der Waals surface area contributed by atoms with Crippen LogP contribution in [0.5, 0.6) is 5.75 Å². The third-order valence-electron chi connectivity index (χ3n) is 2.41. The molecule has 2 nitrogen and oxygen atoms in total. The molecule has 0 aromatic heterocycles. The predicted octanol–water partition coefficient (Wildman–Crippen LogP) is 3.58. The van der Waals surface area contributed by atoms with Gasteiger partial charge in [0.2, 0.25) is 0 Å². The Kier molecular flexibility index (Phi) is 5.39. The number of ether oxygens (including phenoxy) is 1. The first-order valence-electron chi connectivity index (χ1n) is 5.24. The molecule has 0 aliphatic heterocycles. The molecule has 90 valence electrons. The van der Waals surface area contributed by atoms with Gasteiger partial charge in [-0.25, -0.2) is 0 Å². The van der Waals surface area contributed by atoms with E-state index in [0.717, 1.165) is 11.3 Å². The lowest BCUT2D eigenvalue weighted by Gasteiger charge is -2.22. The van der Waals surface area contributed by atoms with Gasteiger partial charge in [-0.2, -0.15) is 0 Å². The number of benzene rings is 1. The molecule has 0 radical (unpaired) electrons. The Morgan fingerprint density at radius 2 is 2.06 bits per heavy atom. The van der Waals surface area contributed by atoms with E-state index in [2.05, 4.69) is 4.90 Å². The third kappa shape index (κ3) is 3.27. The summed E-state index contributed by atoms with van der Waals surface area (Å²) in [6.07, 6.45) is 0. The molecule has 1 aromatic rings. The molecule has 0 aliphatic rings. The molecule has 4 heteroatoms. The van der Waals surface area contributed by atoms with Gasteiger partial charge in [0, 0.05) is 11.9 Å². The zero-order valence-electron chi connectivity index (χ0n) is 9.84. The quantitative estimate of drug-likeness (QED) is 0.752. The molecule has 0 N–H and O–H groups in total. The number of nitrogens with zero attached hydrogens (tertiary/aromatic N) is 1.